The van der Waals surface area contributed by atoms with Gasteiger partial charge in [0.25, 0.3) is 0 Å². The van der Waals surface area contributed by atoms with Gasteiger partial charge in [0.1, 0.15) is 5.25 Å². The van der Waals surface area contributed by atoms with E-state index in [1.54, 1.807) is 14.0 Å². The number of carbonyl (C=O) groups excluding carboxylic acids is 1. The van der Waals surface area contributed by atoms with Crippen LogP contribution in [0.2, 0.25) is 5.02 Å². The number of aromatic nitrogens is 3. The molecule has 0 aliphatic heterocycles. The van der Waals surface area contributed by atoms with Gasteiger partial charge >= 0.3 is 5.97 Å². The van der Waals surface area contributed by atoms with Crippen molar-refractivity contribution in [3.8, 4) is 11.4 Å². The number of halogens is 1. The van der Waals surface area contributed by atoms with Crippen molar-refractivity contribution in [1.29, 1.82) is 0 Å². The summed E-state index contributed by atoms with van der Waals surface area (Å²) in [7, 11) is 3.04. The first-order valence-corrected chi connectivity index (χ1v) is 8.75. The van der Waals surface area contributed by atoms with Gasteiger partial charge in [0.2, 0.25) is 0 Å². The van der Waals surface area contributed by atoms with E-state index in [1.165, 1.54) is 18.9 Å². The van der Waals surface area contributed by atoms with E-state index in [4.69, 9.17) is 21.1 Å². The third kappa shape index (κ3) is 4.49. The molecule has 0 fully saturated rings. The van der Waals surface area contributed by atoms with Gasteiger partial charge in [-0.15, -0.1) is 10.2 Å². The first-order valence-electron chi connectivity index (χ1n) is 7.50. The Kier molecular flexibility index (Phi) is 7.08. The third-order valence-corrected chi connectivity index (χ3v) is 4.77. The van der Waals surface area contributed by atoms with Gasteiger partial charge in [-0.05, 0) is 25.5 Å². The molecule has 1 atom stereocenters. The second-order valence-electron chi connectivity index (χ2n) is 5.07. The molecule has 8 heteroatoms. The third-order valence-electron chi connectivity index (χ3n) is 3.38. The number of hydrogen-bond acceptors (Lipinski definition) is 6. The minimum Gasteiger partial charge on any atom is -0.468 e. The number of rotatable bonds is 8. The zero-order valence-electron chi connectivity index (χ0n) is 13.9. The second kappa shape index (κ2) is 9.05. The van der Waals surface area contributed by atoms with Crippen molar-refractivity contribution >= 4 is 29.3 Å². The van der Waals surface area contributed by atoms with E-state index in [2.05, 4.69) is 10.2 Å². The number of carbonyl (C=O) groups is 1. The van der Waals surface area contributed by atoms with E-state index in [0.717, 1.165) is 12.0 Å². The van der Waals surface area contributed by atoms with Gasteiger partial charge in [0.15, 0.2) is 11.0 Å². The molecule has 6 nitrogen and oxygen atoms in total. The molecule has 0 saturated heterocycles. The van der Waals surface area contributed by atoms with E-state index < -0.39 is 0 Å². The molecule has 24 heavy (non-hydrogen) atoms. The fourth-order valence-electron chi connectivity index (χ4n) is 2.16. The van der Waals surface area contributed by atoms with Crippen LogP contribution >= 0.6 is 23.4 Å². The van der Waals surface area contributed by atoms with Crippen molar-refractivity contribution in [2.24, 2.45) is 0 Å². The molecule has 1 aromatic heterocycles. The molecule has 0 saturated carbocycles. The first-order chi connectivity index (χ1) is 11.6. The normalized spacial score (nSPS) is 12.2. The number of methoxy groups -OCH3 is 2. The van der Waals surface area contributed by atoms with E-state index >= 15 is 0 Å². The van der Waals surface area contributed by atoms with Gasteiger partial charge in [0, 0.05) is 25.8 Å². The molecule has 0 aliphatic rings. The van der Waals surface area contributed by atoms with Crippen LogP contribution in [-0.2, 0) is 20.8 Å². The Hall–Kier alpha value is -1.57. The van der Waals surface area contributed by atoms with E-state index in [1.807, 2.05) is 28.8 Å². The summed E-state index contributed by atoms with van der Waals surface area (Å²) in [5, 5.41) is 9.40. The van der Waals surface area contributed by atoms with Crippen LogP contribution in [-0.4, -0.2) is 46.8 Å². The van der Waals surface area contributed by atoms with Gasteiger partial charge < -0.3 is 14.0 Å². The largest absolute Gasteiger partial charge is 0.468 e. The smallest absolute Gasteiger partial charge is 0.318 e. The average Bonchev–Trinajstić information content (AvgIpc) is 2.97. The van der Waals surface area contributed by atoms with E-state index in [0.29, 0.717) is 29.2 Å². The standard InChI is InChI=1S/C16H20ClN3O3S/c1-11(15(21)23-3)24-16-19-18-14(20(16)9-6-10-22-2)12-7-4-5-8-13(12)17/h4-5,7-8,11H,6,9-10H2,1-3H3. The quantitative estimate of drug-likeness (QED) is 0.404. The highest BCUT2D eigenvalue weighted by Crippen LogP contribution is 2.31. The maximum atomic E-state index is 11.7. The lowest BCUT2D eigenvalue weighted by atomic mass is 10.2. The van der Waals surface area contributed by atoms with E-state index in [9.17, 15) is 4.79 Å². The predicted octanol–water partition coefficient (Wildman–Crippen LogP) is 3.29. The maximum Gasteiger partial charge on any atom is 0.318 e. The van der Waals surface area contributed by atoms with Crippen molar-refractivity contribution < 1.29 is 14.3 Å². The van der Waals surface area contributed by atoms with Crippen LogP contribution in [0.25, 0.3) is 11.4 Å². The summed E-state index contributed by atoms with van der Waals surface area (Å²) in [4.78, 5) is 11.7. The lowest BCUT2D eigenvalue weighted by Gasteiger charge is -2.12. The average molecular weight is 370 g/mol. The molecule has 0 spiro atoms. The lowest BCUT2D eigenvalue weighted by molar-refractivity contribution is -0.139. The topological polar surface area (TPSA) is 66.2 Å². The Bertz CT molecular complexity index is 693. The molecular weight excluding hydrogens is 350 g/mol. The molecule has 0 radical (unpaired) electrons. The SMILES string of the molecule is COCCCn1c(SC(C)C(=O)OC)nnc1-c1ccccc1Cl. The molecule has 0 bridgehead atoms. The van der Waals surface area contributed by atoms with Gasteiger partial charge in [0.05, 0.1) is 12.1 Å². The van der Waals surface area contributed by atoms with Crippen molar-refractivity contribution in [2.75, 3.05) is 20.8 Å². The van der Waals surface area contributed by atoms with Gasteiger partial charge in [-0.1, -0.05) is 35.5 Å². The monoisotopic (exact) mass is 369 g/mol. The van der Waals surface area contributed by atoms with Crippen LogP contribution in [0.4, 0.5) is 0 Å². The number of benzene rings is 1. The Morgan fingerprint density at radius 2 is 2.08 bits per heavy atom. The predicted molar refractivity (Wildman–Crippen MR) is 94.3 cm³/mol. The summed E-state index contributed by atoms with van der Waals surface area (Å²) >= 11 is 7.61. The van der Waals surface area contributed by atoms with E-state index in [-0.39, 0.29) is 11.2 Å². The highest BCUT2D eigenvalue weighted by atomic mass is 35.5. The van der Waals surface area contributed by atoms with Crippen LogP contribution < -0.4 is 0 Å². The summed E-state index contributed by atoms with van der Waals surface area (Å²) in [5.74, 6) is 0.377. The summed E-state index contributed by atoms with van der Waals surface area (Å²) in [6, 6.07) is 7.48. The molecule has 0 amide bonds. The number of hydrogen-bond donors (Lipinski definition) is 0. The molecule has 2 rings (SSSR count). The zero-order valence-corrected chi connectivity index (χ0v) is 15.4. The molecule has 1 heterocycles. The van der Waals surface area contributed by atoms with Crippen LogP contribution in [0.3, 0.4) is 0 Å². The summed E-state index contributed by atoms with van der Waals surface area (Å²) in [5.41, 5.74) is 0.807. The Labute approximate surface area is 150 Å². The molecule has 0 N–H and O–H groups in total. The summed E-state index contributed by atoms with van der Waals surface area (Å²) < 4.78 is 11.9. The van der Waals surface area contributed by atoms with Gasteiger partial charge in [-0.2, -0.15) is 0 Å². The fraction of sp³-hybridized carbons (Fsp3) is 0.438. The van der Waals surface area contributed by atoms with Crippen molar-refractivity contribution in [2.45, 2.75) is 30.3 Å². The van der Waals surface area contributed by atoms with Crippen molar-refractivity contribution in [3.63, 3.8) is 0 Å². The van der Waals surface area contributed by atoms with Gasteiger partial charge in [-0.3, -0.25) is 4.79 Å². The van der Waals surface area contributed by atoms with Crippen LogP contribution in [0.15, 0.2) is 29.4 Å². The minimum atomic E-state index is -0.375. The molecular formula is C16H20ClN3O3S. The van der Waals surface area contributed by atoms with Crippen LogP contribution in [0.1, 0.15) is 13.3 Å². The van der Waals surface area contributed by atoms with Crippen molar-refractivity contribution in [1.82, 2.24) is 14.8 Å². The molecule has 2 aromatic rings. The highest BCUT2D eigenvalue weighted by molar-refractivity contribution is 8.00. The Morgan fingerprint density at radius 3 is 2.75 bits per heavy atom. The Morgan fingerprint density at radius 1 is 1.33 bits per heavy atom. The summed E-state index contributed by atoms with van der Waals surface area (Å²) in [6.07, 6.45) is 0.798. The van der Waals surface area contributed by atoms with Crippen molar-refractivity contribution in [3.05, 3.63) is 29.3 Å². The minimum absolute atomic E-state index is 0.300. The fourth-order valence-corrected chi connectivity index (χ4v) is 3.28. The summed E-state index contributed by atoms with van der Waals surface area (Å²) in [6.45, 7) is 3.06. The highest BCUT2D eigenvalue weighted by Gasteiger charge is 2.21. The van der Waals surface area contributed by atoms with Crippen LogP contribution in [0, 0.1) is 0 Å². The first kappa shape index (κ1) is 18.8. The zero-order chi connectivity index (χ0) is 17.5. The second-order valence-corrected chi connectivity index (χ2v) is 6.78. The lowest BCUT2D eigenvalue weighted by Crippen LogP contribution is -2.16. The van der Waals surface area contributed by atoms with Crippen LogP contribution in [0.5, 0.6) is 0 Å². The number of nitrogens with zero attached hydrogens (tertiary/aromatic N) is 3. The number of ether oxygens (including phenoxy) is 2. The maximum absolute atomic E-state index is 11.7. The number of thioether (sulfide) groups is 1. The van der Waals surface area contributed by atoms with Gasteiger partial charge in [-0.25, -0.2) is 0 Å². The molecule has 1 aromatic carbocycles. The number of esters is 1. The Balaban J connectivity index is 2.34. The molecule has 1 unspecified atom stereocenters. The molecule has 0 aliphatic carbocycles. The molecule has 130 valence electrons.